The second-order valence-corrected chi connectivity index (χ2v) is 6.02. The van der Waals surface area contributed by atoms with Crippen molar-refractivity contribution in [3.63, 3.8) is 0 Å². The van der Waals surface area contributed by atoms with Crippen LogP contribution in [0.2, 0.25) is 0 Å². The molecule has 1 aromatic carbocycles. The topological polar surface area (TPSA) is 32.3 Å². The lowest BCUT2D eigenvalue weighted by molar-refractivity contribution is 0.199. The maximum absolute atomic E-state index is 12.1. The first-order valence-electron chi connectivity index (χ1n) is 6.58. The van der Waals surface area contributed by atoms with Crippen molar-refractivity contribution in [3.8, 4) is 0 Å². The Morgan fingerprint density at radius 2 is 1.94 bits per heavy atom. The third kappa shape index (κ3) is 3.25. The summed E-state index contributed by atoms with van der Waals surface area (Å²) in [6, 6.07) is 10.5. The smallest absolute Gasteiger partial charge is 0.317 e. The third-order valence-electron chi connectivity index (χ3n) is 3.23. The summed E-state index contributed by atoms with van der Waals surface area (Å²) in [5, 5.41) is 3.02. The number of nitrogens with zero attached hydrogens (tertiary/aromatic N) is 1. The standard InChI is InChI=1S/C15H22N2O/c1-15(2,3)16-14(18)17-10-9-13(11-17)12-7-5-4-6-8-12/h4-8,13H,9-11H2,1-3H3,(H,16,18). The van der Waals surface area contributed by atoms with E-state index in [1.165, 1.54) is 5.56 Å². The van der Waals surface area contributed by atoms with Crippen molar-refractivity contribution in [1.29, 1.82) is 0 Å². The lowest BCUT2D eigenvalue weighted by atomic mass is 9.99. The highest BCUT2D eigenvalue weighted by molar-refractivity contribution is 5.75. The Kier molecular flexibility index (Phi) is 3.60. The predicted molar refractivity (Wildman–Crippen MR) is 73.7 cm³/mol. The van der Waals surface area contributed by atoms with Crippen LogP contribution in [-0.4, -0.2) is 29.6 Å². The molecule has 98 valence electrons. The van der Waals surface area contributed by atoms with Gasteiger partial charge in [-0.1, -0.05) is 30.3 Å². The lowest BCUT2D eigenvalue weighted by Gasteiger charge is -2.25. The average Bonchev–Trinajstić information content (AvgIpc) is 2.77. The van der Waals surface area contributed by atoms with E-state index < -0.39 is 0 Å². The molecule has 2 rings (SSSR count). The molecule has 1 saturated heterocycles. The van der Waals surface area contributed by atoms with Crippen LogP contribution in [0.25, 0.3) is 0 Å². The minimum absolute atomic E-state index is 0.0564. The van der Waals surface area contributed by atoms with Gasteiger partial charge in [-0.25, -0.2) is 4.79 Å². The van der Waals surface area contributed by atoms with Gasteiger partial charge >= 0.3 is 6.03 Å². The van der Waals surface area contributed by atoms with Gasteiger partial charge in [0.25, 0.3) is 0 Å². The van der Waals surface area contributed by atoms with Crippen LogP contribution in [0.15, 0.2) is 30.3 Å². The Morgan fingerprint density at radius 1 is 1.28 bits per heavy atom. The van der Waals surface area contributed by atoms with E-state index >= 15 is 0 Å². The zero-order valence-corrected chi connectivity index (χ0v) is 11.4. The molecule has 0 aromatic heterocycles. The van der Waals surface area contributed by atoms with Gasteiger partial charge in [0.15, 0.2) is 0 Å². The van der Waals surface area contributed by atoms with E-state index in [9.17, 15) is 4.79 Å². The molecule has 0 saturated carbocycles. The molecule has 1 aliphatic heterocycles. The van der Waals surface area contributed by atoms with E-state index in [4.69, 9.17) is 0 Å². The van der Waals surface area contributed by atoms with Gasteiger partial charge in [-0.15, -0.1) is 0 Å². The Labute approximate surface area is 109 Å². The highest BCUT2D eigenvalue weighted by Gasteiger charge is 2.28. The molecule has 1 unspecified atom stereocenters. The van der Waals surface area contributed by atoms with Gasteiger partial charge in [0, 0.05) is 24.5 Å². The molecule has 2 amide bonds. The van der Waals surface area contributed by atoms with E-state index in [0.717, 1.165) is 19.5 Å². The number of carbonyl (C=O) groups is 1. The molecular formula is C15H22N2O. The number of hydrogen-bond donors (Lipinski definition) is 1. The number of rotatable bonds is 1. The fourth-order valence-electron chi connectivity index (χ4n) is 2.34. The van der Waals surface area contributed by atoms with Crippen molar-refractivity contribution in [1.82, 2.24) is 10.2 Å². The van der Waals surface area contributed by atoms with Crippen molar-refractivity contribution in [3.05, 3.63) is 35.9 Å². The lowest BCUT2D eigenvalue weighted by Crippen LogP contribution is -2.47. The molecule has 3 nitrogen and oxygen atoms in total. The van der Waals surface area contributed by atoms with Crippen LogP contribution in [0.1, 0.15) is 38.7 Å². The van der Waals surface area contributed by atoms with Gasteiger partial charge in [-0.2, -0.15) is 0 Å². The summed E-state index contributed by atoms with van der Waals surface area (Å²) in [4.78, 5) is 14.0. The first-order chi connectivity index (χ1) is 8.46. The van der Waals surface area contributed by atoms with Crippen LogP contribution in [0.4, 0.5) is 4.79 Å². The molecule has 0 bridgehead atoms. The Morgan fingerprint density at radius 3 is 2.56 bits per heavy atom. The first kappa shape index (κ1) is 12.9. The van der Waals surface area contributed by atoms with E-state index in [-0.39, 0.29) is 11.6 Å². The number of nitrogens with one attached hydrogen (secondary N) is 1. The van der Waals surface area contributed by atoms with Crippen LogP contribution in [0.3, 0.4) is 0 Å². The normalized spacial score (nSPS) is 19.9. The van der Waals surface area contributed by atoms with Gasteiger partial charge in [0.05, 0.1) is 0 Å². The number of benzene rings is 1. The molecule has 1 atom stereocenters. The van der Waals surface area contributed by atoms with Crippen molar-refractivity contribution in [2.24, 2.45) is 0 Å². The van der Waals surface area contributed by atoms with E-state index in [1.807, 2.05) is 31.7 Å². The van der Waals surface area contributed by atoms with Crippen LogP contribution >= 0.6 is 0 Å². The van der Waals surface area contributed by atoms with E-state index in [0.29, 0.717) is 5.92 Å². The number of hydrogen-bond acceptors (Lipinski definition) is 1. The monoisotopic (exact) mass is 246 g/mol. The van der Waals surface area contributed by atoms with Gasteiger partial charge in [0.2, 0.25) is 0 Å². The van der Waals surface area contributed by atoms with Crippen molar-refractivity contribution in [2.75, 3.05) is 13.1 Å². The molecule has 1 aromatic rings. The summed E-state index contributed by atoms with van der Waals surface area (Å²) in [5.41, 5.74) is 1.17. The van der Waals surface area contributed by atoms with Gasteiger partial charge in [-0.05, 0) is 32.8 Å². The minimum Gasteiger partial charge on any atom is -0.333 e. The van der Waals surface area contributed by atoms with Gasteiger partial charge in [-0.3, -0.25) is 0 Å². The summed E-state index contributed by atoms with van der Waals surface area (Å²) in [5.74, 6) is 0.483. The summed E-state index contributed by atoms with van der Waals surface area (Å²) < 4.78 is 0. The molecular weight excluding hydrogens is 224 g/mol. The zero-order valence-electron chi connectivity index (χ0n) is 11.4. The molecule has 0 radical (unpaired) electrons. The van der Waals surface area contributed by atoms with Crippen molar-refractivity contribution >= 4 is 6.03 Å². The average molecular weight is 246 g/mol. The number of amides is 2. The molecule has 1 fully saturated rings. The maximum atomic E-state index is 12.1. The summed E-state index contributed by atoms with van der Waals surface area (Å²) >= 11 is 0. The van der Waals surface area contributed by atoms with Crippen molar-refractivity contribution < 1.29 is 4.79 Å². The number of carbonyl (C=O) groups excluding carboxylic acids is 1. The fourth-order valence-corrected chi connectivity index (χ4v) is 2.34. The second kappa shape index (κ2) is 5.01. The second-order valence-electron chi connectivity index (χ2n) is 6.02. The maximum Gasteiger partial charge on any atom is 0.317 e. The van der Waals surface area contributed by atoms with E-state index in [2.05, 4.69) is 29.6 Å². The fraction of sp³-hybridized carbons (Fsp3) is 0.533. The molecule has 1 N–H and O–H groups in total. The molecule has 0 spiro atoms. The Hall–Kier alpha value is -1.51. The summed E-state index contributed by atoms with van der Waals surface area (Å²) in [7, 11) is 0. The highest BCUT2D eigenvalue weighted by atomic mass is 16.2. The molecule has 0 aliphatic carbocycles. The molecule has 1 heterocycles. The highest BCUT2D eigenvalue weighted by Crippen LogP contribution is 2.26. The molecule has 3 heteroatoms. The first-order valence-corrected chi connectivity index (χ1v) is 6.58. The van der Waals surface area contributed by atoms with Crippen LogP contribution in [-0.2, 0) is 0 Å². The Bertz CT molecular complexity index is 408. The van der Waals surface area contributed by atoms with Crippen LogP contribution in [0, 0.1) is 0 Å². The Balaban J connectivity index is 1.95. The quantitative estimate of drug-likeness (QED) is 0.811. The molecule has 18 heavy (non-hydrogen) atoms. The predicted octanol–water partition coefficient (Wildman–Crippen LogP) is 2.98. The molecule has 1 aliphatic rings. The van der Waals surface area contributed by atoms with Crippen molar-refractivity contribution in [2.45, 2.75) is 38.6 Å². The van der Waals surface area contributed by atoms with Gasteiger partial charge < -0.3 is 10.2 Å². The summed E-state index contributed by atoms with van der Waals surface area (Å²) in [6.07, 6.45) is 1.06. The third-order valence-corrected chi connectivity index (χ3v) is 3.23. The number of urea groups is 1. The van der Waals surface area contributed by atoms with Gasteiger partial charge in [0.1, 0.15) is 0 Å². The van der Waals surface area contributed by atoms with Crippen LogP contribution in [0.5, 0.6) is 0 Å². The minimum atomic E-state index is -0.165. The number of likely N-dealkylation sites (tertiary alicyclic amines) is 1. The SMILES string of the molecule is CC(C)(C)NC(=O)N1CCC(c2ccccc2)C1. The summed E-state index contributed by atoms with van der Waals surface area (Å²) in [6.45, 7) is 7.70. The van der Waals surface area contributed by atoms with E-state index in [1.54, 1.807) is 0 Å². The largest absolute Gasteiger partial charge is 0.333 e. The zero-order chi connectivity index (χ0) is 13.2. The van der Waals surface area contributed by atoms with Crippen LogP contribution < -0.4 is 5.32 Å².